The number of hydrogen-bond acceptors (Lipinski definition) is 4. The molecular weight excluding hydrogens is 264 g/mol. The summed E-state index contributed by atoms with van der Waals surface area (Å²) in [5, 5.41) is 0. The molecule has 21 heavy (non-hydrogen) atoms. The number of rotatable bonds is 1. The maximum absolute atomic E-state index is 12.4. The molecule has 1 fully saturated rings. The molecule has 0 spiro atoms. The van der Waals surface area contributed by atoms with E-state index in [0.29, 0.717) is 0 Å². The summed E-state index contributed by atoms with van der Waals surface area (Å²) in [5.74, 6) is 1.02. The summed E-state index contributed by atoms with van der Waals surface area (Å²) in [5.41, 5.74) is 1.67. The normalized spacial score (nSPS) is 16.8. The number of amides is 1. The molecule has 1 aliphatic heterocycles. The molecule has 0 unspecified atom stereocenters. The van der Waals surface area contributed by atoms with E-state index in [1.54, 1.807) is 0 Å². The SMILES string of the molecule is Cc1cc(C)nc(N2CCCN(C(=O)C(C)(C)C)CC2)n1. The van der Waals surface area contributed by atoms with Crippen molar-refractivity contribution in [3.05, 3.63) is 17.5 Å². The van der Waals surface area contributed by atoms with Gasteiger partial charge in [0.15, 0.2) is 0 Å². The lowest BCUT2D eigenvalue weighted by atomic mass is 9.94. The minimum atomic E-state index is -0.314. The first kappa shape index (κ1) is 15.7. The number of carbonyl (C=O) groups excluding carboxylic acids is 1. The fraction of sp³-hybridized carbons (Fsp3) is 0.688. The van der Waals surface area contributed by atoms with Crippen molar-refractivity contribution in [1.29, 1.82) is 0 Å². The Labute approximate surface area is 127 Å². The molecule has 5 heteroatoms. The van der Waals surface area contributed by atoms with Gasteiger partial charge in [-0.3, -0.25) is 4.79 Å². The molecule has 116 valence electrons. The maximum atomic E-state index is 12.4. The van der Waals surface area contributed by atoms with E-state index in [-0.39, 0.29) is 11.3 Å². The number of nitrogens with zero attached hydrogens (tertiary/aromatic N) is 4. The van der Waals surface area contributed by atoms with Crippen molar-refractivity contribution < 1.29 is 4.79 Å². The van der Waals surface area contributed by atoms with Gasteiger partial charge in [-0.15, -0.1) is 0 Å². The van der Waals surface area contributed by atoms with Crippen molar-refractivity contribution in [1.82, 2.24) is 14.9 Å². The number of carbonyl (C=O) groups is 1. The summed E-state index contributed by atoms with van der Waals surface area (Å²) >= 11 is 0. The van der Waals surface area contributed by atoms with E-state index < -0.39 is 0 Å². The molecule has 0 aromatic carbocycles. The molecule has 2 rings (SSSR count). The van der Waals surface area contributed by atoms with E-state index in [1.807, 2.05) is 45.6 Å². The van der Waals surface area contributed by atoms with E-state index in [0.717, 1.165) is 49.9 Å². The summed E-state index contributed by atoms with van der Waals surface area (Å²) < 4.78 is 0. The summed E-state index contributed by atoms with van der Waals surface area (Å²) in [4.78, 5) is 25.6. The van der Waals surface area contributed by atoms with Crippen LogP contribution >= 0.6 is 0 Å². The molecule has 5 nitrogen and oxygen atoms in total. The van der Waals surface area contributed by atoms with Crippen molar-refractivity contribution in [2.45, 2.75) is 41.0 Å². The molecule has 0 N–H and O–H groups in total. The molecule has 1 amide bonds. The monoisotopic (exact) mass is 290 g/mol. The van der Waals surface area contributed by atoms with Crippen LogP contribution in [0.2, 0.25) is 0 Å². The molecule has 2 heterocycles. The fourth-order valence-corrected chi connectivity index (χ4v) is 2.64. The summed E-state index contributed by atoms with van der Waals surface area (Å²) in [7, 11) is 0. The van der Waals surface area contributed by atoms with Gasteiger partial charge in [0, 0.05) is 43.0 Å². The van der Waals surface area contributed by atoms with Crippen LogP contribution < -0.4 is 4.90 Å². The zero-order valence-corrected chi connectivity index (χ0v) is 13.8. The zero-order chi connectivity index (χ0) is 15.6. The molecule has 0 bridgehead atoms. The topological polar surface area (TPSA) is 49.3 Å². The Morgan fingerprint density at radius 2 is 1.67 bits per heavy atom. The predicted octanol–water partition coefficient (Wildman–Crippen LogP) is 2.18. The quantitative estimate of drug-likeness (QED) is 0.795. The lowest BCUT2D eigenvalue weighted by molar-refractivity contribution is -0.139. The van der Waals surface area contributed by atoms with Crippen molar-refractivity contribution in [2.75, 3.05) is 31.1 Å². The molecule has 1 saturated heterocycles. The van der Waals surface area contributed by atoms with Crippen LogP contribution in [-0.4, -0.2) is 47.0 Å². The lowest BCUT2D eigenvalue weighted by Gasteiger charge is -2.28. The molecule has 1 aromatic rings. The Bertz CT molecular complexity index is 501. The maximum Gasteiger partial charge on any atom is 0.228 e. The Hall–Kier alpha value is -1.65. The molecule has 1 aliphatic rings. The first-order valence-corrected chi connectivity index (χ1v) is 7.64. The fourth-order valence-electron chi connectivity index (χ4n) is 2.64. The van der Waals surface area contributed by atoms with Crippen LogP contribution in [0, 0.1) is 19.3 Å². The van der Waals surface area contributed by atoms with Gasteiger partial charge in [-0.1, -0.05) is 20.8 Å². The predicted molar refractivity (Wildman–Crippen MR) is 84.4 cm³/mol. The van der Waals surface area contributed by atoms with Crippen molar-refractivity contribution >= 4 is 11.9 Å². The van der Waals surface area contributed by atoms with Crippen molar-refractivity contribution in [3.8, 4) is 0 Å². The van der Waals surface area contributed by atoms with Gasteiger partial charge in [0.2, 0.25) is 11.9 Å². The number of hydrogen-bond donors (Lipinski definition) is 0. The second-order valence-electron chi connectivity index (χ2n) is 6.83. The third-order valence-corrected chi connectivity index (χ3v) is 3.68. The van der Waals surface area contributed by atoms with Gasteiger partial charge < -0.3 is 9.80 Å². The largest absolute Gasteiger partial charge is 0.340 e. The summed E-state index contributed by atoms with van der Waals surface area (Å²) in [6.45, 7) is 13.2. The third kappa shape index (κ3) is 3.93. The highest BCUT2D eigenvalue weighted by Gasteiger charge is 2.28. The Kier molecular flexibility index (Phi) is 4.49. The smallest absolute Gasteiger partial charge is 0.228 e. The standard InChI is InChI=1S/C16H26N4O/c1-12-11-13(2)18-15(17-12)20-8-6-7-19(9-10-20)14(21)16(3,4)5/h11H,6-10H2,1-5H3. The average molecular weight is 290 g/mol. The molecule has 0 aliphatic carbocycles. The minimum absolute atomic E-state index is 0.227. The van der Waals surface area contributed by atoms with Gasteiger partial charge >= 0.3 is 0 Å². The van der Waals surface area contributed by atoms with Crippen LogP contribution in [0.5, 0.6) is 0 Å². The van der Waals surface area contributed by atoms with Crippen molar-refractivity contribution in [3.63, 3.8) is 0 Å². The molecule has 0 radical (unpaired) electrons. The Morgan fingerprint density at radius 3 is 2.24 bits per heavy atom. The lowest BCUT2D eigenvalue weighted by Crippen LogP contribution is -2.41. The highest BCUT2D eigenvalue weighted by Crippen LogP contribution is 2.20. The van der Waals surface area contributed by atoms with Crippen molar-refractivity contribution in [2.24, 2.45) is 5.41 Å². The molecule has 1 aromatic heterocycles. The van der Waals surface area contributed by atoms with E-state index in [2.05, 4.69) is 14.9 Å². The summed E-state index contributed by atoms with van der Waals surface area (Å²) in [6.07, 6.45) is 0.957. The first-order valence-electron chi connectivity index (χ1n) is 7.64. The highest BCUT2D eigenvalue weighted by molar-refractivity contribution is 5.81. The second kappa shape index (κ2) is 6.00. The van der Waals surface area contributed by atoms with Gasteiger partial charge in [0.1, 0.15) is 0 Å². The van der Waals surface area contributed by atoms with Gasteiger partial charge in [-0.25, -0.2) is 9.97 Å². The second-order valence-corrected chi connectivity index (χ2v) is 6.83. The zero-order valence-electron chi connectivity index (χ0n) is 13.8. The van der Waals surface area contributed by atoms with E-state index in [4.69, 9.17) is 0 Å². The van der Waals surface area contributed by atoms with Gasteiger partial charge in [-0.05, 0) is 26.3 Å². The van der Waals surface area contributed by atoms with Crippen LogP contribution in [0.15, 0.2) is 6.07 Å². The van der Waals surface area contributed by atoms with Gasteiger partial charge in [0.05, 0.1) is 0 Å². The van der Waals surface area contributed by atoms with Crippen LogP contribution in [0.1, 0.15) is 38.6 Å². The van der Waals surface area contributed by atoms with Crippen LogP contribution in [0.3, 0.4) is 0 Å². The number of aryl methyl sites for hydroxylation is 2. The van der Waals surface area contributed by atoms with Gasteiger partial charge in [0.25, 0.3) is 0 Å². The minimum Gasteiger partial charge on any atom is -0.340 e. The van der Waals surface area contributed by atoms with Crippen LogP contribution in [-0.2, 0) is 4.79 Å². The molecular formula is C16H26N4O. The van der Waals surface area contributed by atoms with Crippen LogP contribution in [0.25, 0.3) is 0 Å². The number of aromatic nitrogens is 2. The molecule has 0 atom stereocenters. The van der Waals surface area contributed by atoms with E-state index >= 15 is 0 Å². The Balaban J connectivity index is 2.09. The Morgan fingerprint density at radius 1 is 1.05 bits per heavy atom. The first-order chi connectivity index (χ1) is 9.77. The van der Waals surface area contributed by atoms with Gasteiger partial charge in [-0.2, -0.15) is 0 Å². The summed E-state index contributed by atoms with van der Waals surface area (Å²) in [6, 6.07) is 1.98. The van der Waals surface area contributed by atoms with E-state index in [1.165, 1.54) is 0 Å². The highest BCUT2D eigenvalue weighted by atomic mass is 16.2. The number of anilines is 1. The van der Waals surface area contributed by atoms with E-state index in [9.17, 15) is 4.79 Å². The third-order valence-electron chi connectivity index (χ3n) is 3.68. The molecule has 0 saturated carbocycles. The van der Waals surface area contributed by atoms with Crippen LogP contribution in [0.4, 0.5) is 5.95 Å². The average Bonchev–Trinajstić information content (AvgIpc) is 2.61.